The fourth-order valence-electron chi connectivity index (χ4n) is 2.53. The van der Waals surface area contributed by atoms with Crippen LogP contribution in [0.5, 0.6) is 0 Å². The molecular formula is C15H22N2O. The predicted molar refractivity (Wildman–Crippen MR) is 74.6 cm³/mol. The first-order valence-corrected chi connectivity index (χ1v) is 6.81. The van der Waals surface area contributed by atoms with Gasteiger partial charge in [-0.1, -0.05) is 25.0 Å². The van der Waals surface area contributed by atoms with E-state index in [9.17, 15) is 4.79 Å². The van der Waals surface area contributed by atoms with Crippen molar-refractivity contribution in [2.24, 2.45) is 5.92 Å². The van der Waals surface area contributed by atoms with Crippen LogP contribution < -0.4 is 10.6 Å². The molecule has 2 N–H and O–H groups in total. The van der Waals surface area contributed by atoms with Crippen LogP contribution in [0.1, 0.15) is 31.2 Å². The third-order valence-electron chi connectivity index (χ3n) is 3.50. The summed E-state index contributed by atoms with van der Waals surface area (Å²) in [5.74, 6) is 0.815. The zero-order valence-corrected chi connectivity index (χ0v) is 11.0. The first kappa shape index (κ1) is 13.1. The van der Waals surface area contributed by atoms with E-state index in [1.54, 1.807) is 0 Å². The quantitative estimate of drug-likeness (QED) is 0.838. The molecule has 2 rings (SSSR count). The molecule has 0 unspecified atom stereocenters. The number of hydrogen-bond donors (Lipinski definition) is 2. The maximum atomic E-state index is 11.7. The molecule has 0 aromatic heterocycles. The number of anilines is 1. The minimum Gasteiger partial charge on any atom is -0.325 e. The molecule has 1 aliphatic rings. The van der Waals surface area contributed by atoms with Gasteiger partial charge in [-0.05, 0) is 49.9 Å². The standard InChI is InChI=1S/C15H22N2O/c1-12-5-4-8-14(9-12)17-15(18)11-16-10-13-6-2-3-7-13/h4-5,8-9,13,16H,2-3,6-7,10-11H2,1H3,(H,17,18). The highest BCUT2D eigenvalue weighted by Crippen LogP contribution is 2.23. The molecule has 0 spiro atoms. The average molecular weight is 246 g/mol. The van der Waals surface area contributed by atoms with Gasteiger partial charge in [0.1, 0.15) is 0 Å². The van der Waals surface area contributed by atoms with E-state index in [1.807, 2.05) is 31.2 Å². The first-order chi connectivity index (χ1) is 8.74. The van der Waals surface area contributed by atoms with Crippen LogP contribution in [0.15, 0.2) is 24.3 Å². The van der Waals surface area contributed by atoms with Gasteiger partial charge in [0.2, 0.25) is 5.91 Å². The molecule has 0 bridgehead atoms. The second kappa shape index (κ2) is 6.55. The average Bonchev–Trinajstić information content (AvgIpc) is 2.82. The minimum atomic E-state index is 0.0404. The smallest absolute Gasteiger partial charge is 0.238 e. The van der Waals surface area contributed by atoms with Crippen molar-refractivity contribution in [1.29, 1.82) is 0 Å². The summed E-state index contributed by atoms with van der Waals surface area (Å²) in [6, 6.07) is 7.88. The normalized spacial score (nSPS) is 15.8. The van der Waals surface area contributed by atoms with E-state index in [4.69, 9.17) is 0 Å². The van der Waals surface area contributed by atoms with Crippen molar-refractivity contribution in [3.8, 4) is 0 Å². The number of aryl methyl sites for hydroxylation is 1. The Morgan fingerprint density at radius 2 is 2.11 bits per heavy atom. The number of amides is 1. The summed E-state index contributed by atoms with van der Waals surface area (Å²) < 4.78 is 0. The molecule has 3 nitrogen and oxygen atoms in total. The summed E-state index contributed by atoms with van der Waals surface area (Å²) in [6.07, 6.45) is 5.32. The summed E-state index contributed by atoms with van der Waals surface area (Å²) in [5.41, 5.74) is 2.04. The molecule has 1 aromatic rings. The van der Waals surface area contributed by atoms with Crippen LogP contribution in [0.25, 0.3) is 0 Å². The molecule has 0 heterocycles. The molecule has 1 fully saturated rings. The number of nitrogens with one attached hydrogen (secondary N) is 2. The van der Waals surface area contributed by atoms with Crippen LogP contribution in [0.3, 0.4) is 0 Å². The molecule has 98 valence electrons. The van der Waals surface area contributed by atoms with Gasteiger partial charge >= 0.3 is 0 Å². The second-order valence-corrected chi connectivity index (χ2v) is 5.20. The lowest BCUT2D eigenvalue weighted by Gasteiger charge is -2.10. The molecule has 3 heteroatoms. The van der Waals surface area contributed by atoms with E-state index >= 15 is 0 Å². The Balaban J connectivity index is 1.68. The van der Waals surface area contributed by atoms with Gasteiger partial charge < -0.3 is 10.6 Å². The van der Waals surface area contributed by atoms with E-state index in [1.165, 1.54) is 25.7 Å². The maximum absolute atomic E-state index is 11.7. The van der Waals surface area contributed by atoms with Crippen molar-refractivity contribution in [3.05, 3.63) is 29.8 Å². The van der Waals surface area contributed by atoms with Crippen LogP contribution in [-0.4, -0.2) is 19.0 Å². The third kappa shape index (κ3) is 4.15. The molecule has 1 aromatic carbocycles. The number of benzene rings is 1. The molecule has 0 aliphatic heterocycles. The Bertz CT molecular complexity index is 397. The molecule has 0 saturated heterocycles. The van der Waals surface area contributed by atoms with Gasteiger partial charge in [0.15, 0.2) is 0 Å². The van der Waals surface area contributed by atoms with Gasteiger partial charge in [0.05, 0.1) is 6.54 Å². The van der Waals surface area contributed by atoms with Gasteiger partial charge in [-0.2, -0.15) is 0 Å². The third-order valence-corrected chi connectivity index (χ3v) is 3.50. The molecular weight excluding hydrogens is 224 g/mol. The van der Waals surface area contributed by atoms with E-state index in [0.717, 1.165) is 23.7 Å². The molecule has 1 saturated carbocycles. The summed E-state index contributed by atoms with van der Waals surface area (Å²) in [7, 11) is 0. The lowest BCUT2D eigenvalue weighted by molar-refractivity contribution is -0.115. The van der Waals surface area contributed by atoms with E-state index in [2.05, 4.69) is 10.6 Å². The van der Waals surface area contributed by atoms with E-state index < -0.39 is 0 Å². The van der Waals surface area contributed by atoms with Crippen LogP contribution in [0, 0.1) is 12.8 Å². The Kier molecular flexibility index (Phi) is 4.76. The molecule has 1 aliphatic carbocycles. The fourth-order valence-corrected chi connectivity index (χ4v) is 2.53. The van der Waals surface area contributed by atoms with Crippen molar-refractivity contribution in [3.63, 3.8) is 0 Å². The first-order valence-electron chi connectivity index (χ1n) is 6.81. The van der Waals surface area contributed by atoms with E-state index in [-0.39, 0.29) is 5.91 Å². The lowest BCUT2D eigenvalue weighted by atomic mass is 10.1. The summed E-state index contributed by atoms with van der Waals surface area (Å²) in [5, 5.41) is 6.16. The molecule has 1 amide bonds. The van der Waals surface area contributed by atoms with Gasteiger partial charge in [0.25, 0.3) is 0 Å². The van der Waals surface area contributed by atoms with Gasteiger partial charge in [0, 0.05) is 5.69 Å². The van der Waals surface area contributed by atoms with Crippen molar-refractivity contribution in [2.75, 3.05) is 18.4 Å². The van der Waals surface area contributed by atoms with E-state index in [0.29, 0.717) is 6.54 Å². The summed E-state index contributed by atoms with van der Waals surface area (Å²) in [6.45, 7) is 3.40. The SMILES string of the molecule is Cc1cccc(NC(=O)CNCC2CCCC2)c1. The summed E-state index contributed by atoms with van der Waals surface area (Å²) >= 11 is 0. The number of carbonyl (C=O) groups excluding carboxylic acids is 1. The molecule has 18 heavy (non-hydrogen) atoms. The Labute approximate surface area is 109 Å². The molecule has 0 radical (unpaired) electrons. The number of rotatable bonds is 5. The van der Waals surface area contributed by atoms with Crippen molar-refractivity contribution in [1.82, 2.24) is 5.32 Å². The van der Waals surface area contributed by atoms with Gasteiger partial charge in [-0.3, -0.25) is 4.79 Å². The van der Waals surface area contributed by atoms with Crippen LogP contribution in [0.4, 0.5) is 5.69 Å². The Morgan fingerprint density at radius 3 is 2.83 bits per heavy atom. The Hall–Kier alpha value is -1.35. The fraction of sp³-hybridized carbons (Fsp3) is 0.533. The van der Waals surface area contributed by atoms with Crippen LogP contribution in [-0.2, 0) is 4.79 Å². The molecule has 0 atom stereocenters. The zero-order chi connectivity index (χ0) is 12.8. The second-order valence-electron chi connectivity index (χ2n) is 5.20. The Morgan fingerprint density at radius 1 is 1.33 bits per heavy atom. The monoisotopic (exact) mass is 246 g/mol. The summed E-state index contributed by atoms with van der Waals surface area (Å²) in [4.78, 5) is 11.7. The predicted octanol–water partition coefficient (Wildman–Crippen LogP) is 2.71. The largest absolute Gasteiger partial charge is 0.325 e. The van der Waals surface area contributed by atoms with Crippen molar-refractivity contribution >= 4 is 11.6 Å². The lowest BCUT2D eigenvalue weighted by Crippen LogP contribution is -2.31. The number of carbonyl (C=O) groups is 1. The van der Waals surface area contributed by atoms with Crippen LogP contribution >= 0.6 is 0 Å². The van der Waals surface area contributed by atoms with Gasteiger partial charge in [-0.15, -0.1) is 0 Å². The zero-order valence-electron chi connectivity index (χ0n) is 11.0. The maximum Gasteiger partial charge on any atom is 0.238 e. The highest BCUT2D eigenvalue weighted by Gasteiger charge is 2.14. The highest BCUT2D eigenvalue weighted by atomic mass is 16.1. The highest BCUT2D eigenvalue weighted by molar-refractivity contribution is 5.92. The number of hydrogen-bond acceptors (Lipinski definition) is 2. The van der Waals surface area contributed by atoms with Crippen LogP contribution in [0.2, 0.25) is 0 Å². The van der Waals surface area contributed by atoms with Gasteiger partial charge in [-0.25, -0.2) is 0 Å². The topological polar surface area (TPSA) is 41.1 Å². The van der Waals surface area contributed by atoms with Crippen molar-refractivity contribution in [2.45, 2.75) is 32.6 Å². The minimum absolute atomic E-state index is 0.0404. The van der Waals surface area contributed by atoms with Crippen molar-refractivity contribution < 1.29 is 4.79 Å².